The molecule has 0 aliphatic carbocycles. The van der Waals surface area contributed by atoms with Crippen molar-refractivity contribution >= 4 is 11.9 Å². The molecule has 0 saturated heterocycles. The molecule has 1 rings (SSSR count). The molecule has 1 aromatic rings. The van der Waals surface area contributed by atoms with Crippen LogP contribution in [0.15, 0.2) is 16.7 Å². The molecule has 0 aliphatic heterocycles. The van der Waals surface area contributed by atoms with Gasteiger partial charge in [-0.2, -0.15) is 0 Å². The first-order valence-corrected chi connectivity index (χ1v) is 5.67. The summed E-state index contributed by atoms with van der Waals surface area (Å²) in [7, 11) is 0. The SMILES string of the molecule is CC(C)c1ccoc1C(=O)NCCOCC(=O)O. The lowest BCUT2D eigenvalue weighted by molar-refractivity contribution is -0.142. The van der Waals surface area contributed by atoms with Crippen molar-refractivity contribution in [2.75, 3.05) is 19.8 Å². The number of ether oxygens (including phenoxy) is 1. The summed E-state index contributed by atoms with van der Waals surface area (Å²) in [6, 6.07) is 1.76. The summed E-state index contributed by atoms with van der Waals surface area (Å²) in [6.07, 6.45) is 1.48. The van der Waals surface area contributed by atoms with E-state index in [0.717, 1.165) is 5.56 Å². The molecular formula is C12H17NO5. The van der Waals surface area contributed by atoms with Crippen molar-refractivity contribution in [3.63, 3.8) is 0 Å². The van der Waals surface area contributed by atoms with Crippen LogP contribution in [0.25, 0.3) is 0 Å². The van der Waals surface area contributed by atoms with Crippen LogP contribution in [-0.4, -0.2) is 36.7 Å². The number of carboxylic acid groups (broad SMARTS) is 1. The smallest absolute Gasteiger partial charge is 0.329 e. The third-order valence-electron chi connectivity index (χ3n) is 2.28. The van der Waals surface area contributed by atoms with E-state index < -0.39 is 5.97 Å². The highest BCUT2D eigenvalue weighted by Crippen LogP contribution is 2.20. The third kappa shape index (κ3) is 4.21. The van der Waals surface area contributed by atoms with Crippen molar-refractivity contribution < 1.29 is 23.8 Å². The number of amides is 1. The molecule has 1 aromatic heterocycles. The first kappa shape index (κ1) is 14.2. The van der Waals surface area contributed by atoms with Crippen LogP contribution in [0.5, 0.6) is 0 Å². The second-order valence-electron chi connectivity index (χ2n) is 4.06. The van der Waals surface area contributed by atoms with Gasteiger partial charge < -0.3 is 19.6 Å². The summed E-state index contributed by atoms with van der Waals surface area (Å²) in [5.41, 5.74) is 0.846. The monoisotopic (exact) mass is 255 g/mol. The van der Waals surface area contributed by atoms with Crippen LogP contribution in [0.4, 0.5) is 0 Å². The summed E-state index contributed by atoms with van der Waals surface area (Å²) in [5, 5.41) is 10.9. The van der Waals surface area contributed by atoms with E-state index in [9.17, 15) is 9.59 Å². The largest absolute Gasteiger partial charge is 0.480 e. The van der Waals surface area contributed by atoms with E-state index in [1.807, 2.05) is 13.8 Å². The second kappa shape index (κ2) is 6.80. The van der Waals surface area contributed by atoms with Gasteiger partial charge in [0, 0.05) is 12.1 Å². The van der Waals surface area contributed by atoms with Gasteiger partial charge in [0.15, 0.2) is 5.76 Å². The minimum absolute atomic E-state index is 0.149. The van der Waals surface area contributed by atoms with Crippen molar-refractivity contribution in [3.8, 4) is 0 Å². The highest BCUT2D eigenvalue weighted by molar-refractivity contribution is 5.93. The number of rotatable bonds is 7. The van der Waals surface area contributed by atoms with Crippen LogP contribution >= 0.6 is 0 Å². The first-order chi connectivity index (χ1) is 8.52. The molecule has 0 bridgehead atoms. The third-order valence-corrected chi connectivity index (χ3v) is 2.28. The van der Waals surface area contributed by atoms with Gasteiger partial charge >= 0.3 is 5.97 Å². The van der Waals surface area contributed by atoms with Gasteiger partial charge in [0.2, 0.25) is 0 Å². The van der Waals surface area contributed by atoms with Crippen molar-refractivity contribution in [3.05, 3.63) is 23.7 Å². The average molecular weight is 255 g/mol. The normalized spacial score (nSPS) is 10.6. The molecule has 0 saturated carbocycles. The summed E-state index contributed by atoms with van der Waals surface area (Å²) in [5.74, 6) is -0.854. The fraction of sp³-hybridized carbons (Fsp3) is 0.500. The van der Waals surface area contributed by atoms with Crippen LogP contribution in [0, 0.1) is 0 Å². The Bertz CT molecular complexity index is 410. The molecular weight excluding hydrogens is 238 g/mol. The molecule has 0 aliphatic rings. The number of carboxylic acids is 1. The maximum Gasteiger partial charge on any atom is 0.329 e. The second-order valence-corrected chi connectivity index (χ2v) is 4.06. The van der Waals surface area contributed by atoms with E-state index >= 15 is 0 Å². The van der Waals surface area contributed by atoms with Crippen LogP contribution < -0.4 is 5.32 Å². The molecule has 6 heteroatoms. The Morgan fingerprint density at radius 3 is 2.83 bits per heavy atom. The highest BCUT2D eigenvalue weighted by Gasteiger charge is 2.16. The lowest BCUT2D eigenvalue weighted by Gasteiger charge is -2.07. The standard InChI is InChI=1S/C12H17NO5/c1-8(2)9-3-5-18-11(9)12(16)13-4-6-17-7-10(14)15/h3,5,8H,4,6-7H2,1-2H3,(H,13,16)(H,14,15). The minimum Gasteiger partial charge on any atom is -0.480 e. The zero-order valence-corrected chi connectivity index (χ0v) is 10.4. The number of aliphatic carboxylic acids is 1. The molecule has 6 nitrogen and oxygen atoms in total. The van der Waals surface area contributed by atoms with Gasteiger partial charge in [-0.15, -0.1) is 0 Å². The lowest BCUT2D eigenvalue weighted by Crippen LogP contribution is -2.28. The quantitative estimate of drug-likeness (QED) is 0.715. The van der Waals surface area contributed by atoms with Crippen molar-refractivity contribution in [2.24, 2.45) is 0 Å². The Morgan fingerprint density at radius 1 is 1.50 bits per heavy atom. The van der Waals surface area contributed by atoms with Gasteiger partial charge in [-0.1, -0.05) is 13.8 Å². The summed E-state index contributed by atoms with van der Waals surface area (Å²) in [6.45, 7) is 3.96. The lowest BCUT2D eigenvalue weighted by atomic mass is 10.0. The molecule has 0 aromatic carbocycles. The highest BCUT2D eigenvalue weighted by atomic mass is 16.5. The molecule has 100 valence electrons. The Hall–Kier alpha value is -1.82. The molecule has 18 heavy (non-hydrogen) atoms. The van der Waals surface area contributed by atoms with Gasteiger partial charge in [0.1, 0.15) is 6.61 Å². The van der Waals surface area contributed by atoms with Crippen molar-refractivity contribution in [2.45, 2.75) is 19.8 Å². The maximum absolute atomic E-state index is 11.8. The summed E-state index contributed by atoms with van der Waals surface area (Å²) < 4.78 is 9.93. The van der Waals surface area contributed by atoms with E-state index in [1.54, 1.807) is 6.07 Å². The number of carbonyl (C=O) groups excluding carboxylic acids is 1. The Labute approximate surface area is 105 Å². The topological polar surface area (TPSA) is 88.8 Å². The Balaban J connectivity index is 2.36. The maximum atomic E-state index is 11.8. The van der Waals surface area contributed by atoms with Gasteiger partial charge in [0.25, 0.3) is 5.91 Å². The number of hydrogen-bond donors (Lipinski definition) is 2. The predicted molar refractivity (Wildman–Crippen MR) is 63.6 cm³/mol. The van der Waals surface area contributed by atoms with Gasteiger partial charge in [-0.3, -0.25) is 4.79 Å². The Morgan fingerprint density at radius 2 is 2.22 bits per heavy atom. The van der Waals surface area contributed by atoms with Crippen LogP contribution in [0.3, 0.4) is 0 Å². The zero-order valence-electron chi connectivity index (χ0n) is 10.4. The van der Waals surface area contributed by atoms with Crippen molar-refractivity contribution in [1.29, 1.82) is 0 Å². The number of nitrogens with one attached hydrogen (secondary N) is 1. The molecule has 0 atom stereocenters. The molecule has 0 fully saturated rings. The van der Waals surface area contributed by atoms with Gasteiger partial charge in [0.05, 0.1) is 12.9 Å². The first-order valence-electron chi connectivity index (χ1n) is 5.67. The minimum atomic E-state index is -1.03. The molecule has 1 heterocycles. The molecule has 2 N–H and O–H groups in total. The van der Waals surface area contributed by atoms with E-state index in [4.69, 9.17) is 14.3 Å². The summed E-state index contributed by atoms with van der Waals surface area (Å²) >= 11 is 0. The summed E-state index contributed by atoms with van der Waals surface area (Å²) in [4.78, 5) is 21.9. The van der Waals surface area contributed by atoms with Crippen LogP contribution in [-0.2, 0) is 9.53 Å². The average Bonchev–Trinajstić information content (AvgIpc) is 2.76. The Kier molecular flexibility index (Phi) is 5.38. The zero-order chi connectivity index (χ0) is 13.5. The van der Waals surface area contributed by atoms with Crippen molar-refractivity contribution in [1.82, 2.24) is 5.32 Å². The fourth-order valence-electron chi connectivity index (χ4n) is 1.43. The fourth-order valence-corrected chi connectivity index (χ4v) is 1.43. The molecule has 0 unspecified atom stereocenters. The predicted octanol–water partition coefficient (Wildman–Crippen LogP) is 1.23. The van der Waals surface area contributed by atoms with E-state index in [0.29, 0.717) is 5.76 Å². The van der Waals surface area contributed by atoms with Gasteiger partial charge in [-0.05, 0) is 12.0 Å². The molecule has 1 amide bonds. The van der Waals surface area contributed by atoms with E-state index in [1.165, 1.54) is 6.26 Å². The van der Waals surface area contributed by atoms with Crippen LogP contribution in [0.2, 0.25) is 0 Å². The van der Waals surface area contributed by atoms with Gasteiger partial charge in [-0.25, -0.2) is 4.79 Å². The number of hydrogen-bond acceptors (Lipinski definition) is 4. The van der Waals surface area contributed by atoms with Crippen LogP contribution in [0.1, 0.15) is 35.9 Å². The molecule has 0 spiro atoms. The molecule has 0 radical (unpaired) electrons. The van der Waals surface area contributed by atoms with E-state index in [-0.39, 0.29) is 31.6 Å². The number of furan rings is 1. The number of carbonyl (C=O) groups is 2. The van der Waals surface area contributed by atoms with E-state index in [2.05, 4.69) is 5.32 Å².